The van der Waals surface area contributed by atoms with E-state index in [1.54, 1.807) is 0 Å². The first-order valence-corrected chi connectivity index (χ1v) is 6.00. The van der Waals surface area contributed by atoms with Gasteiger partial charge in [-0.2, -0.15) is 5.10 Å². The Morgan fingerprint density at radius 3 is 2.62 bits per heavy atom. The fourth-order valence-electron chi connectivity index (χ4n) is 1.39. The minimum atomic E-state index is -0.635. The molecule has 0 aliphatic carbocycles. The number of hydrogen-bond acceptors (Lipinski definition) is 8. The molecule has 3 N–H and O–H groups in total. The Kier molecular flexibility index (Phi) is 6.37. The highest BCUT2D eigenvalue weighted by atomic mass is 16.8. The van der Waals surface area contributed by atoms with Gasteiger partial charge >= 0.3 is 0 Å². The van der Waals surface area contributed by atoms with Gasteiger partial charge in [-0.1, -0.05) is 18.2 Å². The van der Waals surface area contributed by atoms with E-state index in [9.17, 15) is 10.4 Å². The molecule has 8 heteroatoms. The van der Waals surface area contributed by atoms with Gasteiger partial charge in [0.05, 0.1) is 11.9 Å². The average molecular weight is 292 g/mol. The Bertz CT molecular complexity index is 553. The molecule has 0 radical (unpaired) electrons. The quantitative estimate of drug-likeness (QED) is 0.419. The number of hydrazone groups is 1. The van der Waals surface area contributed by atoms with E-state index in [1.165, 1.54) is 18.3 Å². The Morgan fingerprint density at radius 2 is 2.05 bits per heavy atom. The van der Waals surface area contributed by atoms with Crippen LogP contribution in [0.2, 0.25) is 0 Å². The predicted molar refractivity (Wildman–Crippen MR) is 82.4 cm³/mol. The van der Waals surface area contributed by atoms with E-state index in [2.05, 4.69) is 10.5 Å². The fourth-order valence-corrected chi connectivity index (χ4v) is 1.39. The summed E-state index contributed by atoms with van der Waals surface area (Å²) < 4.78 is 0. The summed E-state index contributed by atoms with van der Waals surface area (Å²) in [5, 5.41) is 42.6. The summed E-state index contributed by atoms with van der Waals surface area (Å²) in [6.45, 7) is 3.73. The first kappa shape index (κ1) is 16.7. The van der Waals surface area contributed by atoms with Gasteiger partial charge in [0.1, 0.15) is 5.69 Å². The zero-order valence-corrected chi connectivity index (χ0v) is 11.6. The van der Waals surface area contributed by atoms with E-state index in [0.717, 1.165) is 11.6 Å². The monoisotopic (exact) mass is 292 g/mol. The highest BCUT2D eigenvalue weighted by Crippen LogP contribution is 2.29. The summed E-state index contributed by atoms with van der Waals surface area (Å²) in [4.78, 5) is 0. The molecule has 0 unspecified atom stereocenters. The van der Waals surface area contributed by atoms with Crippen LogP contribution in [0.4, 0.5) is 17.1 Å². The highest BCUT2D eigenvalue weighted by molar-refractivity contribution is 5.80. The van der Waals surface area contributed by atoms with Gasteiger partial charge in [-0.15, -0.1) is 5.23 Å². The number of benzene rings is 1. The Morgan fingerprint density at radius 1 is 1.33 bits per heavy atom. The summed E-state index contributed by atoms with van der Waals surface area (Å²) in [6.07, 6.45) is 7.09. The van der Waals surface area contributed by atoms with Crippen molar-refractivity contribution in [1.29, 1.82) is 0 Å². The molecule has 1 rings (SSSR count). The molecule has 0 saturated carbocycles. The van der Waals surface area contributed by atoms with E-state index in [1.807, 2.05) is 32.1 Å². The molecule has 0 aliphatic rings. The molecule has 0 bridgehead atoms. The SMILES string of the molecule is CC=CC=C(C)C=NNc1ccc(N([O-])[O-])cc1N(O)O. The zero-order chi connectivity index (χ0) is 15.8. The summed E-state index contributed by atoms with van der Waals surface area (Å²) in [7, 11) is 0. The van der Waals surface area contributed by atoms with Crippen molar-refractivity contribution in [2.45, 2.75) is 13.8 Å². The largest absolute Gasteiger partial charge is 0.769 e. The van der Waals surface area contributed by atoms with Crippen LogP contribution in [0.15, 0.2) is 47.1 Å². The molecule has 21 heavy (non-hydrogen) atoms. The third kappa shape index (κ3) is 5.24. The number of hydrogen-bond donors (Lipinski definition) is 3. The van der Waals surface area contributed by atoms with Crippen LogP contribution in [-0.4, -0.2) is 16.6 Å². The molecular weight excluding hydrogens is 276 g/mol. The number of anilines is 3. The van der Waals surface area contributed by atoms with E-state index in [-0.39, 0.29) is 22.3 Å². The van der Waals surface area contributed by atoms with Crippen LogP contribution in [0.25, 0.3) is 0 Å². The fraction of sp³-hybridized carbons (Fsp3) is 0.154. The molecule has 0 spiro atoms. The number of nitrogens with one attached hydrogen (secondary N) is 1. The van der Waals surface area contributed by atoms with Gasteiger partial charge in [-0.25, -0.2) is 0 Å². The third-order valence-corrected chi connectivity index (χ3v) is 2.41. The highest BCUT2D eigenvalue weighted by Gasteiger charge is 2.07. The van der Waals surface area contributed by atoms with Crippen molar-refractivity contribution in [3.8, 4) is 0 Å². The lowest BCUT2D eigenvalue weighted by molar-refractivity contribution is 0.0295. The van der Waals surface area contributed by atoms with Gasteiger partial charge in [0.15, 0.2) is 0 Å². The van der Waals surface area contributed by atoms with Gasteiger partial charge in [0.25, 0.3) is 0 Å². The lowest BCUT2D eigenvalue weighted by Crippen LogP contribution is -2.14. The molecule has 0 saturated heterocycles. The lowest BCUT2D eigenvalue weighted by Gasteiger charge is -2.37. The van der Waals surface area contributed by atoms with Crippen molar-refractivity contribution < 1.29 is 10.4 Å². The van der Waals surface area contributed by atoms with Crippen molar-refractivity contribution in [1.82, 2.24) is 0 Å². The van der Waals surface area contributed by atoms with Crippen LogP contribution < -0.4 is 15.9 Å². The van der Waals surface area contributed by atoms with Crippen molar-refractivity contribution in [2.24, 2.45) is 5.10 Å². The normalized spacial score (nSPS) is 12.2. The van der Waals surface area contributed by atoms with E-state index >= 15 is 0 Å². The van der Waals surface area contributed by atoms with Gasteiger partial charge < -0.3 is 15.6 Å². The summed E-state index contributed by atoms with van der Waals surface area (Å²) in [6, 6.07) is 3.57. The molecule has 0 aliphatic heterocycles. The zero-order valence-electron chi connectivity index (χ0n) is 11.6. The summed E-state index contributed by atoms with van der Waals surface area (Å²) in [5.74, 6) is 0. The smallest absolute Gasteiger partial charge is 0.121 e. The molecule has 0 aromatic heterocycles. The summed E-state index contributed by atoms with van der Waals surface area (Å²) >= 11 is 0. The molecule has 0 amide bonds. The second-order valence-electron chi connectivity index (χ2n) is 4.05. The maximum atomic E-state index is 10.7. The molecule has 1 aromatic carbocycles. The topological polar surface area (TPSA) is 117 Å². The standard InChI is InChI=1S/C13H16N4O4/c1-3-4-5-10(2)9-14-15-12-7-6-11(16(18)19)8-13(12)17(20)21/h3-9,15,20-21H,1-2H3/q-2. The Labute approximate surface area is 122 Å². The number of nitrogens with zero attached hydrogens (tertiary/aromatic N) is 3. The molecule has 0 heterocycles. The first-order chi connectivity index (χ1) is 9.95. The first-order valence-electron chi connectivity index (χ1n) is 6.00. The van der Waals surface area contributed by atoms with Crippen LogP contribution in [-0.2, 0) is 0 Å². The maximum Gasteiger partial charge on any atom is 0.121 e. The van der Waals surface area contributed by atoms with Crippen molar-refractivity contribution in [2.75, 3.05) is 15.9 Å². The molecule has 8 nitrogen and oxygen atoms in total. The second-order valence-corrected chi connectivity index (χ2v) is 4.05. The van der Waals surface area contributed by atoms with Crippen molar-refractivity contribution in [3.63, 3.8) is 0 Å². The van der Waals surface area contributed by atoms with Crippen molar-refractivity contribution >= 4 is 23.3 Å². The van der Waals surface area contributed by atoms with Crippen LogP contribution in [0, 0.1) is 10.4 Å². The molecule has 114 valence electrons. The molecule has 1 aromatic rings. The predicted octanol–water partition coefficient (Wildman–Crippen LogP) is 2.99. The second kappa shape index (κ2) is 8.02. The van der Waals surface area contributed by atoms with Crippen LogP contribution in [0.5, 0.6) is 0 Å². The van der Waals surface area contributed by atoms with Gasteiger partial charge in [-0.05, 0) is 37.6 Å². The average Bonchev–Trinajstić information content (AvgIpc) is 2.44. The Hall–Kier alpha value is -2.39. The molecule has 0 fully saturated rings. The molecular formula is C13H16N4O4-2. The van der Waals surface area contributed by atoms with Gasteiger partial charge in [-0.3, -0.25) is 15.8 Å². The number of rotatable bonds is 6. The van der Waals surface area contributed by atoms with Gasteiger partial charge in [0, 0.05) is 5.69 Å². The minimum Gasteiger partial charge on any atom is -0.769 e. The summed E-state index contributed by atoms with van der Waals surface area (Å²) in [5.41, 5.74) is 3.22. The molecule has 0 atom stereocenters. The minimum absolute atomic E-state index is 0.184. The van der Waals surface area contributed by atoms with Crippen LogP contribution >= 0.6 is 0 Å². The third-order valence-electron chi connectivity index (χ3n) is 2.41. The maximum absolute atomic E-state index is 10.7. The van der Waals surface area contributed by atoms with E-state index < -0.39 is 5.23 Å². The van der Waals surface area contributed by atoms with Crippen LogP contribution in [0.3, 0.4) is 0 Å². The Balaban J connectivity index is 2.90. The number of allylic oxidation sites excluding steroid dienone is 4. The van der Waals surface area contributed by atoms with Crippen molar-refractivity contribution in [3.05, 3.63) is 52.4 Å². The van der Waals surface area contributed by atoms with E-state index in [0.29, 0.717) is 0 Å². The van der Waals surface area contributed by atoms with E-state index in [4.69, 9.17) is 10.4 Å². The lowest BCUT2D eigenvalue weighted by atomic mass is 10.2. The van der Waals surface area contributed by atoms with Crippen LogP contribution in [0.1, 0.15) is 13.8 Å². The van der Waals surface area contributed by atoms with Gasteiger partial charge in [0.2, 0.25) is 0 Å².